The van der Waals surface area contributed by atoms with Crippen LogP contribution in [0.2, 0.25) is 10.0 Å². The summed E-state index contributed by atoms with van der Waals surface area (Å²) in [6.07, 6.45) is 3.87. The topological polar surface area (TPSA) is 12.0 Å². The van der Waals surface area contributed by atoms with Crippen LogP contribution in [-0.2, 0) is 0 Å². The minimum absolute atomic E-state index is 0.347. The number of benzene rings is 1. The monoisotopic (exact) mass is 313 g/mol. The van der Waals surface area contributed by atoms with Crippen molar-refractivity contribution in [1.29, 1.82) is 0 Å². The summed E-state index contributed by atoms with van der Waals surface area (Å²) in [6.45, 7) is 7.87. The van der Waals surface area contributed by atoms with Gasteiger partial charge in [-0.1, -0.05) is 56.5 Å². The Balaban J connectivity index is 2.22. The van der Waals surface area contributed by atoms with Crippen molar-refractivity contribution in [1.82, 2.24) is 5.32 Å². The number of nitrogens with one attached hydrogen (secondary N) is 1. The second kappa shape index (κ2) is 7.15. The van der Waals surface area contributed by atoms with Gasteiger partial charge in [0.15, 0.2) is 0 Å². The number of hydrogen-bond acceptors (Lipinski definition) is 1. The summed E-state index contributed by atoms with van der Waals surface area (Å²) in [4.78, 5) is 0. The maximum absolute atomic E-state index is 6.42. The molecule has 0 amide bonds. The lowest BCUT2D eigenvalue weighted by molar-refractivity contribution is 0.172. The van der Waals surface area contributed by atoms with E-state index < -0.39 is 0 Å². The second-order valence-electron chi connectivity index (χ2n) is 6.23. The van der Waals surface area contributed by atoms with Gasteiger partial charge < -0.3 is 5.32 Å². The molecule has 0 radical (unpaired) electrons. The number of halogens is 2. The van der Waals surface area contributed by atoms with E-state index in [2.05, 4.69) is 32.2 Å². The van der Waals surface area contributed by atoms with Crippen molar-refractivity contribution in [3.05, 3.63) is 33.8 Å². The van der Waals surface area contributed by atoms with Gasteiger partial charge in [0.2, 0.25) is 0 Å². The number of rotatable bonds is 4. The fourth-order valence-corrected chi connectivity index (χ4v) is 3.92. The summed E-state index contributed by atoms with van der Waals surface area (Å²) in [5.74, 6) is 2.30. The van der Waals surface area contributed by atoms with Gasteiger partial charge in [0.25, 0.3) is 0 Å². The zero-order valence-electron chi connectivity index (χ0n) is 12.6. The van der Waals surface area contributed by atoms with Crippen LogP contribution < -0.4 is 5.32 Å². The smallest absolute Gasteiger partial charge is 0.0468 e. The van der Waals surface area contributed by atoms with E-state index >= 15 is 0 Å². The Morgan fingerprint density at radius 1 is 1.20 bits per heavy atom. The highest BCUT2D eigenvalue weighted by Gasteiger charge is 2.31. The average Bonchev–Trinajstić information content (AvgIpc) is 2.40. The first-order valence-corrected chi connectivity index (χ1v) is 8.46. The van der Waals surface area contributed by atoms with Gasteiger partial charge in [0.05, 0.1) is 0 Å². The molecule has 0 spiro atoms. The molecule has 0 bridgehead atoms. The van der Waals surface area contributed by atoms with Crippen LogP contribution in [-0.4, -0.2) is 6.54 Å². The zero-order chi connectivity index (χ0) is 14.7. The summed E-state index contributed by atoms with van der Waals surface area (Å²) >= 11 is 12.4. The van der Waals surface area contributed by atoms with Crippen molar-refractivity contribution in [2.24, 2.45) is 17.8 Å². The van der Waals surface area contributed by atoms with Crippen LogP contribution in [0.15, 0.2) is 18.2 Å². The first-order valence-electron chi connectivity index (χ1n) is 7.71. The van der Waals surface area contributed by atoms with Crippen LogP contribution in [0.1, 0.15) is 51.6 Å². The van der Waals surface area contributed by atoms with Gasteiger partial charge in [-0.15, -0.1) is 0 Å². The molecule has 0 heterocycles. The van der Waals surface area contributed by atoms with E-state index in [-0.39, 0.29) is 0 Å². The Labute approximate surface area is 133 Å². The molecule has 1 aromatic rings. The third-order valence-corrected chi connectivity index (χ3v) is 5.39. The molecule has 20 heavy (non-hydrogen) atoms. The molecule has 112 valence electrons. The van der Waals surface area contributed by atoms with E-state index in [1.165, 1.54) is 24.8 Å². The van der Waals surface area contributed by atoms with E-state index in [4.69, 9.17) is 23.2 Å². The van der Waals surface area contributed by atoms with Gasteiger partial charge in [-0.25, -0.2) is 0 Å². The summed E-state index contributed by atoms with van der Waals surface area (Å²) in [7, 11) is 0. The SMILES string of the molecule is CCNC(c1ccc(Cl)cc1Cl)C1CCC(C)C(C)C1. The lowest BCUT2D eigenvalue weighted by Crippen LogP contribution is -2.33. The van der Waals surface area contributed by atoms with Crippen molar-refractivity contribution in [3.8, 4) is 0 Å². The molecule has 1 aromatic carbocycles. The maximum Gasteiger partial charge on any atom is 0.0468 e. The highest BCUT2D eigenvalue weighted by atomic mass is 35.5. The Hall–Kier alpha value is -0.240. The first kappa shape index (κ1) is 16.1. The zero-order valence-corrected chi connectivity index (χ0v) is 14.1. The average molecular weight is 314 g/mol. The molecule has 1 aliphatic rings. The van der Waals surface area contributed by atoms with Crippen LogP contribution >= 0.6 is 23.2 Å². The molecule has 4 unspecified atom stereocenters. The third kappa shape index (κ3) is 3.69. The van der Waals surface area contributed by atoms with Gasteiger partial charge in [0, 0.05) is 16.1 Å². The summed E-state index contributed by atoms with van der Waals surface area (Å²) < 4.78 is 0. The Bertz CT molecular complexity index is 447. The summed E-state index contributed by atoms with van der Waals surface area (Å²) in [5.41, 5.74) is 1.20. The van der Waals surface area contributed by atoms with Gasteiger partial charge in [-0.2, -0.15) is 0 Å². The standard InChI is InChI=1S/C17H25Cl2N/c1-4-20-17(13-6-5-11(2)12(3)9-13)15-8-7-14(18)10-16(15)19/h7-8,10-13,17,20H,4-6,9H2,1-3H3. The molecule has 1 fully saturated rings. The molecule has 3 heteroatoms. The molecular weight excluding hydrogens is 289 g/mol. The van der Waals surface area contributed by atoms with Crippen molar-refractivity contribution in [2.75, 3.05) is 6.54 Å². The van der Waals surface area contributed by atoms with Crippen LogP contribution in [0.4, 0.5) is 0 Å². The lowest BCUT2D eigenvalue weighted by atomic mass is 9.72. The maximum atomic E-state index is 6.42. The Morgan fingerprint density at radius 3 is 2.55 bits per heavy atom. The molecule has 0 aliphatic heterocycles. The lowest BCUT2D eigenvalue weighted by Gasteiger charge is -2.37. The quantitative estimate of drug-likeness (QED) is 0.750. The second-order valence-corrected chi connectivity index (χ2v) is 7.07. The van der Waals surface area contributed by atoms with E-state index in [1.54, 1.807) is 0 Å². The van der Waals surface area contributed by atoms with Crippen molar-refractivity contribution >= 4 is 23.2 Å². The van der Waals surface area contributed by atoms with Crippen LogP contribution in [0.5, 0.6) is 0 Å². The van der Waals surface area contributed by atoms with Crippen molar-refractivity contribution < 1.29 is 0 Å². The highest BCUT2D eigenvalue weighted by molar-refractivity contribution is 6.35. The normalized spacial score (nSPS) is 28.4. The van der Waals surface area contributed by atoms with E-state index in [0.29, 0.717) is 17.0 Å². The third-order valence-electron chi connectivity index (χ3n) is 4.83. The molecule has 2 rings (SSSR count). The van der Waals surface area contributed by atoms with Gasteiger partial charge >= 0.3 is 0 Å². The van der Waals surface area contributed by atoms with E-state index in [0.717, 1.165) is 23.4 Å². The molecule has 1 N–H and O–H groups in total. The van der Waals surface area contributed by atoms with Crippen LogP contribution in [0.3, 0.4) is 0 Å². The van der Waals surface area contributed by atoms with Crippen LogP contribution in [0, 0.1) is 17.8 Å². The largest absolute Gasteiger partial charge is 0.310 e. The minimum atomic E-state index is 0.347. The van der Waals surface area contributed by atoms with Gasteiger partial charge in [0.1, 0.15) is 0 Å². The molecule has 0 aromatic heterocycles. The molecule has 0 saturated heterocycles. The predicted molar refractivity (Wildman–Crippen MR) is 88.5 cm³/mol. The molecule has 4 atom stereocenters. The van der Waals surface area contributed by atoms with Crippen molar-refractivity contribution in [2.45, 2.75) is 46.1 Å². The molecule has 1 saturated carbocycles. The molecule has 1 nitrogen and oxygen atoms in total. The molecule has 1 aliphatic carbocycles. The minimum Gasteiger partial charge on any atom is -0.310 e. The predicted octanol–water partition coefficient (Wildman–Crippen LogP) is 5.72. The summed E-state index contributed by atoms with van der Waals surface area (Å²) in [6, 6.07) is 6.24. The fraction of sp³-hybridized carbons (Fsp3) is 0.647. The van der Waals surface area contributed by atoms with Crippen molar-refractivity contribution in [3.63, 3.8) is 0 Å². The summed E-state index contributed by atoms with van der Waals surface area (Å²) in [5, 5.41) is 5.13. The number of hydrogen-bond donors (Lipinski definition) is 1. The van der Waals surface area contributed by atoms with Gasteiger partial charge in [-0.3, -0.25) is 0 Å². The Morgan fingerprint density at radius 2 is 1.95 bits per heavy atom. The first-order chi connectivity index (χ1) is 9.52. The Kier molecular flexibility index (Phi) is 5.77. The van der Waals surface area contributed by atoms with E-state index in [1.807, 2.05) is 12.1 Å². The van der Waals surface area contributed by atoms with E-state index in [9.17, 15) is 0 Å². The van der Waals surface area contributed by atoms with Crippen LogP contribution in [0.25, 0.3) is 0 Å². The van der Waals surface area contributed by atoms with Gasteiger partial charge in [-0.05, 0) is 54.8 Å². The molecular formula is C17H25Cl2N. The fourth-order valence-electron chi connectivity index (χ4n) is 3.40. The highest BCUT2D eigenvalue weighted by Crippen LogP contribution is 2.41.